The van der Waals surface area contributed by atoms with Crippen LogP contribution in [-0.4, -0.2) is 27.6 Å². The summed E-state index contributed by atoms with van der Waals surface area (Å²) in [4.78, 5) is 33.7. The highest BCUT2D eigenvalue weighted by Crippen LogP contribution is 2.25. The van der Waals surface area contributed by atoms with Crippen molar-refractivity contribution >= 4 is 17.2 Å². The van der Waals surface area contributed by atoms with Gasteiger partial charge >= 0.3 is 0 Å². The first-order valence-corrected chi connectivity index (χ1v) is 10.1. The van der Waals surface area contributed by atoms with E-state index in [9.17, 15) is 9.59 Å². The summed E-state index contributed by atoms with van der Waals surface area (Å²) in [7, 11) is 3.44. The predicted octanol–water partition coefficient (Wildman–Crippen LogP) is 3.36. The molecule has 2 N–H and O–H groups in total. The maximum atomic E-state index is 13.0. The largest absolute Gasteiger partial charge is 0.497 e. The zero-order valence-electron chi connectivity index (χ0n) is 16.5. The Hall–Kier alpha value is -3.65. The van der Waals surface area contributed by atoms with Gasteiger partial charge in [-0.2, -0.15) is 0 Å². The van der Waals surface area contributed by atoms with Crippen LogP contribution in [0.15, 0.2) is 71.1 Å². The number of methoxy groups -OCH3 is 1. The number of ether oxygens (including phenoxy) is 1. The zero-order chi connectivity index (χ0) is 21.1. The average Bonchev–Trinajstić information content (AvgIpc) is 3.44. The fraction of sp³-hybridized carbons (Fsp3) is 0.136. The van der Waals surface area contributed by atoms with Crippen LogP contribution in [0.3, 0.4) is 0 Å². The number of amides is 1. The van der Waals surface area contributed by atoms with Gasteiger partial charge in [-0.3, -0.25) is 9.59 Å². The molecule has 7 nitrogen and oxygen atoms in total. The zero-order valence-corrected chi connectivity index (χ0v) is 17.3. The van der Waals surface area contributed by atoms with Crippen LogP contribution in [-0.2, 0) is 7.05 Å². The maximum absolute atomic E-state index is 13.0. The first-order valence-electron chi connectivity index (χ1n) is 9.26. The lowest BCUT2D eigenvalue weighted by molar-refractivity contribution is 0.0939. The summed E-state index contributed by atoms with van der Waals surface area (Å²) in [5.74, 6) is 0.826. The van der Waals surface area contributed by atoms with Crippen molar-refractivity contribution in [3.8, 4) is 16.3 Å². The Kier molecular flexibility index (Phi) is 5.49. The number of thiophene rings is 1. The van der Waals surface area contributed by atoms with Crippen molar-refractivity contribution in [1.29, 1.82) is 0 Å². The SMILES string of the molecule is COc1cccc(C(NC(=O)c2ccc(-c3cccs3)[nH]c2=O)c2nccn2C)c1. The van der Waals surface area contributed by atoms with Crippen molar-refractivity contribution in [3.63, 3.8) is 0 Å². The smallest absolute Gasteiger partial charge is 0.261 e. The minimum absolute atomic E-state index is 0.0393. The second-order valence-electron chi connectivity index (χ2n) is 6.67. The molecule has 1 atom stereocenters. The van der Waals surface area contributed by atoms with Crippen LogP contribution >= 0.6 is 11.3 Å². The van der Waals surface area contributed by atoms with Crippen LogP contribution in [0.4, 0.5) is 0 Å². The van der Waals surface area contributed by atoms with E-state index in [0.29, 0.717) is 17.3 Å². The van der Waals surface area contributed by atoms with Crippen molar-refractivity contribution in [2.45, 2.75) is 6.04 Å². The summed E-state index contributed by atoms with van der Waals surface area (Å²) in [6.45, 7) is 0. The summed E-state index contributed by atoms with van der Waals surface area (Å²) in [5.41, 5.74) is 1.07. The van der Waals surface area contributed by atoms with Crippen molar-refractivity contribution in [2.75, 3.05) is 7.11 Å². The molecule has 8 heteroatoms. The number of hydrogen-bond donors (Lipinski definition) is 2. The standard InChI is InChI=1S/C22H20N4O3S/c1-26-11-10-23-20(26)19(14-5-3-6-15(13-14)29-2)25-22(28)16-8-9-17(24-21(16)27)18-7-4-12-30-18/h3-13,19H,1-2H3,(H,24,27)(H,25,28). The molecule has 1 unspecified atom stereocenters. The van der Waals surface area contributed by atoms with Gasteiger partial charge in [-0.05, 0) is 41.3 Å². The summed E-state index contributed by atoms with van der Waals surface area (Å²) < 4.78 is 7.14. The molecule has 0 saturated carbocycles. The van der Waals surface area contributed by atoms with E-state index in [2.05, 4.69) is 15.3 Å². The Labute approximate surface area is 177 Å². The molecule has 0 radical (unpaired) electrons. The number of rotatable bonds is 6. The second kappa shape index (κ2) is 8.38. The number of hydrogen-bond acceptors (Lipinski definition) is 5. The predicted molar refractivity (Wildman–Crippen MR) is 116 cm³/mol. The molecule has 0 aliphatic carbocycles. The average molecular weight is 420 g/mol. The molecule has 4 rings (SSSR count). The normalized spacial score (nSPS) is 11.8. The van der Waals surface area contributed by atoms with Gasteiger partial charge in [0.1, 0.15) is 23.2 Å². The van der Waals surface area contributed by atoms with Crippen LogP contribution in [0.1, 0.15) is 27.8 Å². The Bertz CT molecular complexity index is 1230. The molecule has 0 saturated heterocycles. The van der Waals surface area contributed by atoms with Crippen molar-refractivity contribution in [1.82, 2.24) is 19.9 Å². The number of aromatic amines is 1. The monoisotopic (exact) mass is 420 g/mol. The highest BCUT2D eigenvalue weighted by Gasteiger charge is 2.23. The third-order valence-corrected chi connectivity index (χ3v) is 5.66. The van der Waals surface area contributed by atoms with E-state index in [1.54, 1.807) is 31.6 Å². The third-order valence-electron chi connectivity index (χ3n) is 4.76. The molecule has 30 heavy (non-hydrogen) atoms. The third kappa shape index (κ3) is 3.90. The number of carbonyl (C=O) groups excluding carboxylic acids is 1. The van der Waals surface area contributed by atoms with Gasteiger partial charge in [-0.15, -0.1) is 11.3 Å². The molecule has 0 fully saturated rings. The molecule has 3 heterocycles. The van der Waals surface area contributed by atoms with Gasteiger partial charge in [-0.1, -0.05) is 18.2 Å². The molecule has 4 aromatic rings. The van der Waals surface area contributed by atoms with Crippen LogP contribution in [0.5, 0.6) is 5.75 Å². The van der Waals surface area contributed by atoms with E-state index < -0.39 is 17.5 Å². The topological polar surface area (TPSA) is 89.0 Å². The lowest BCUT2D eigenvalue weighted by Crippen LogP contribution is -2.34. The van der Waals surface area contributed by atoms with Gasteiger partial charge in [0.05, 0.1) is 17.7 Å². The Morgan fingerprint density at radius 3 is 2.77 bits per heavy atom. The number of benzene rings is 1. The van der Waals surface area contributed by atoms with Crippen molar-refractivity contribution in [3.05, 3.63) is 93.6 Å². The molecule has 0 aliphatic heterocycles. The number of nitrogens with one attached hydrogen (secondary N) is 2. The van der Waals surface area contributed by atoms with Crippen LogP contribution < -0.4 is 15.6 Å². The molecule has 1 aromatic carbocycles. The molecule has 152 valence electrons. The Morgan fingerprint density at radius 1 is 1.23 bits per heavy atom. The van der Waals surface area contributed by atoms with E-state index in [1.165, 1.54) is 11.3 Å². The summed E-state index contributed by atoms with van der Waals surface area (Å²) >= 11 is 1.52. The number of imidazole rings is 1. The number of aromatic nitrogens is 3. The Balaban J connectivity index is 1.67. The molecular formula is C22H20N4O3S. The van der Waals surface area contributed by atoms with Crippen molar-refractivity contribution in [2.24, 2.45) is 7.05 Å². The number of aryl methyl sites for hydroxylation is 1. The molecule has 3 aromatic heterocycles. The summed E-state index contributed by atoms with van der Waals surface area (Å²) in [5, 5.41) is 4.87. The molecular weight excluding hydrogens is 400 g/mol. The number of carbonyl (C=O) groups is 1. The highest BCUT2D eigenvalue weighted by molar-refractivity contribution is 7.13. The fourth-order valence-corrected chi connectivity index (χ4v) is 3.92. The molecule has 1 amide bonds. The highest BCUT2D eigenvalue weighted by atomic mass is 32.1. The Morgan fingerprint density at radius 2 is 2.10 bits per heavy atom. The first-order chi connectivity index (χ1) is 14.6. The molecule has 0 aliphatic rings. The van der Waals surface area contributed by atoms with Crippen LogP contribution in [0.25, 0.3) is 10.6 Å². The van der Waals surface area contributed by atoms with Gasteiger partial charge in [0.2, 0.25) is 0 Å². The van der Waals surface area contributed by atoms with E-state index >= 15 is 0 Å². The van der Waals surface area contributed by atoms with E-state index in [-0.39, 0.29) is 5.56 Å². The lowest BCUT2D eigenvalue weighted by Gasteiger charge is -2.19. The number of nitrogens with zero attached hydrogens (tertiary/aromatic N) is 2. The minimum Gasteiger partial charge on any atom is -0.497 e. The lowest BCUT2D eigenvalue weighted by atomic mass is 10.0. The second-order valence-corrected chi connectivity index (χ2v) is 7.62. The van der Waals surface area contributed by atoms with Crippen molar-refractivity contribution < 1.29 is 9.53 Å². The maximum Gasteiger partial charge on any atom is 0.261 e. The van der Waals surface area contributed by atoms with E-state index in [0.717, 1.165) is 10.4 Å². The molecule has 0 spiro atoms. The van der Waals surface area contributed by atoms with Crippen LogP contribution in [0.2, 0.25) is 0 Å². The van der Waals surface area contributed by atoms with Gasteiger partial charge in [0.25, 0.3) is 11.5 Å². The van der Waals surface area contributed by atoms with Gasteiger partial charge < -0.3 is 19.6 Å². The van der Waals surface area contributed by atoms with E-state index in [1.807, 2.05) is 53.4 Å². The summed E-state index contributed by atoms with van der Waals surface area (Å²) in [6, 6.07) is 13.9. The summed E-state index contributed by atoms with van der Waals surface area (Å²) in [6.07, 6.45) is 3.47. The fourth-order valence-electron chi connectivity index (χ4n) is 3.21. The molecule has 0 bridgehead atoms. The first kappa shape index (κ1) is 19.7. The van der Waals surface area contributed by atoms with Crippen LogP contribution in [0, 0.1) is 0 Å². The van der Waals surface area contributed by atoms with Gasteiger partial charge in [0, 0.05) is 19.4 Å². The van der Waals surface area contributed by atoms with Gasteiger partial charge in [0.15, 0.2) is 0 Å². The van der Waals surface area contributed by atoms with E-state index in [4.69, 9.17) is 4.74 Å². The minimum atomic E-state index is -0.552. The number of H-pyrrole nitrogens is 1. The number of pyridine rings is 1. The quantitative estimate of drug-likeness (QED) is 0.501. The van der Waals surface area contributed by atoms with Gasteiger partial charge in [-0.25, -0.2) is 4.98 Å².